The summed E-state index contributed by atoms with van der Waals surface area (Å²) >= 11 is 3.49. The molecule has 0 saturated heterocycles. The molecule has 5 heteroatoms. The van der Waals surface area contributed by atoms with Crippen LogP contribution in [0.5, 0.6) is 0 Å². The molecule has 1 aromatic heterocycles. The maximum absolute atomic E-state index is 13.1. The first-order valence-electron chi connectivity index (χ1n) is 6.42. The van der Waals surface area contributed by atoms with Crippen LogP contribution >= 0.6 is 15.9 Å². The summed E-state index contributed by atoms with van der Waals surface area (Å²) in [6.07, 6.45) is 0. The molecule has 0 aliphatic rings. The summed E-state index contributed by atoms with van der Waals surface area (Å²) in [5, 5.41) is 7.06. The fourth-order valence-electron chi connectivity index (χ4n) is 2.27. The van der Waals surface area contributed by atoms with E-state index in [1.165, 1.54) is 12.1 Å². The van der Waals surface area contributed by atoms with Crippen LogP contribution in [0.3, 0.4) is 0 Å². The molecule has 0 aliphatic carbocycles. The zero-order valence-electron chi connectivity index (χ0n) is 11.3. The van der Waals surface area contributed by atoms with Gasteiger partial charge in [-0.2, -0.15) is 5.10 Å². The molecule has 0 amide bonds. The van der Waals surface area contributed by atoms with Crippen molar-refractivity contribution < 1.29 is 4.39 Å². The fraction of sp³-hybridized carbons (Fsp3) is 0.0625. The molecule has 3 nitrogen and oxygen atoms in total. The highest BCUT2D eigenvalue weighted by Gasteiger charge is 2.15. The van der Waals surface area contributed by atoms with Crippen LogP contribution in [0, 0.1) is 12.7 Å². The molecule has 0 spiro atoms. The minimum absolute atomic E-state index is 0.276. The quantitative estimate of drug-likeness (QED) is 0.716. The maximum Gasteiger partial charge on any atom is 0.153 e. The van der Waals surface area contributed by atoms with Gasteiger partial charge < -0.3 is 5.73 Å². The highest BCUT2D eigenvalue weighted by Crippen LogP contribution is 2.35. The van der Waals surface area contributed by atoms with Crippen molar-refractivity contribution in [3.63, 3.8) is 0 Å². The predicted molar refractivity (Wildman–Crippen MR) is 86.3 cm³/mol. The van der Waals surface area contributed by atoms with E-state index in [1.54, 1.807) is 12.1 Å². The molecule has 0 atom stereocenters. The van der Waals surface area contributed by atoms with Gasteiger partial charge in [-0.1, -0.05) is 34.1 Å². The third-order valence-electron chi connectivity index (χ3n) is 3.37. The largest absolute Gasteiger partial charge is 0.382 e. The Kier molecular flexibility index (Phi) is 3.51. The molecular formula is C16H13BrFN3. The van der Waals surface area contributed by atoms with Crippen LogP contribution in [0.4, 0.5) is 10.2 Å². The Balaban J connectivity index is 2.16. The van der Waals surface area contributed by atoms with Crippen molar-refractivity contribution in [2.24, 2.45) is 0 Å². The number of benzene rings is 2. The standard InChI is InChI=1S/C16H13BrFN3/c1-9-8-11(4-7-13(9)17)15-14(16(19)21-20-15)10-2-5-12(18)6-3-10/h2-8H,1H3,(H3,19,20,21). The Morgan fingerprint density at radius 3 is 2.43 bits per heavy atom. The van der Waals surface area contributed by atoms with Crippen LogP contribution in [0.25, 0.3) is 22.4 Å². The van der Waals surface area contributed by atoms with Gasteiger partial charge in [0, 0.05) is 10.0 Å². The zero-order chi connectivity index (χ0) is 15.0. The number of hydrogen-bond acceptors (Lipinski definition) is 2. The molecule has 0 fully saturated rings. The van der Waals surface area contributed by atoms with E-state index in [-0.39, 0.29) is 5.82 Å². The van der Waals surface area contributed by atoms with Crippen LogP contribution in [-0.4, -0.2) is 10.2 Å². The third-order valence-corrected chi connectivity index (χ3v) is 4.26. The first-order valence-corrected chi connectivity index (χ1v) is 7.22. The summed E-state index contributed by atoms with van der Waals surface area (Å²) < 4.78 is 14.1. The summed E-state index contributed by atoms with van der Waals surface area (Å²) in [6.45, 7) is 2.02. The van der Waals surface area contributed by atoms with Crippen molar-refractivity contribution in [2.45, 2.75) is 6.92 Å². The van der Waals surface area contributed by atoms with Crippen molar-refractivity contribution in [3.8, 4) is 22.4 Å². The fourth-order valence-corrected chi connectivity index (χ4v) is 2.52. The molecule has 106 valence electrons. The average molecular weight is 346 g/mol. The normalized spacial score (nSPS) is 10.8. The van der Waals surface area contributed by atoms with E-state index in [2.05, 4.69) is 26.1 Å². The lowest BCUT2D eigenvalue weighted by Gasteiger charge is -2.07. The van der Waals surface area contributed by atoms with Gasteiger partial charge >= 0.3 is 0 Å². The number of nitrogen functional groups attached to an aromatic ring is 1. The van der Waals surface area contributed by atoms with Crippen LogP contribution in [-0.2, 0) is 0 Å². The minimum atomic E-state index is -0.276. The van der Waals surface area contributed by atoms with Crippen molar-refractivity contribution in [2.75, 3.05) is 5.73 Å². The van der Waals surface area contributed by atoms with E-state index in [4.69, 9.17) is 5.73 Å². The number of H-pyrrole nitrogens is 1. The van der Waals surface area contributed by atoms with Crippen LogP contribution in [0.1, 0.15) is 5.56 Å². The first-order chi connectivity index (χ1) is 10.1. The van der Waals surface area contributed by atoms with Crippen molar-refractivity contribution in [3.05, 3.63) is 58.3 Å². The van der Waals surface area contributed by atoms with E-state index in [9.17, 15) is 4.39 Å². The Morgan fingerprint density at radius 2 is 1.76 bits per heavy atom. The lowest BCUT2D eigenvalue weighted by molar-refractivity contribution is 0.628. The number of nitrogens with zero attached hydrogens (tertiary/aromatic N) is 1. The highest BCUT2D eigenvalue weighted by atomic mass is 79.9. The van der Waals surface area contributed by atoms with E-state index in [1.807, 2.05) is 25.1 Å². The minimum Gasteiger partial charge on any atom is -0.382 e. The molecule has 0 bridgehead atoms. The lowest BCUT2D eigenvalue weighted by atomic mass is 10.00. The van der Waals surface area contributed by atoms with E-state index in [0.29, 0.717) is 5.82 Å². The van der Waals surface area contributed by atoms with Gasteiger partial charge in [0.15, 0.2) is 5.82 Å². The van der Waals surface area contributed by atoms with Crippen molar-refractivity contribution in [1.82, 2.24) is 10.2 Å². The highest BCUT2D eigenvalue weighted by molar-refractivity contribution is 9.10. The van der Waals surface area contributed by atoms with Gasteiger partial charge in [0.05, 0.1) is 11.3 Å². The smallest absolute Gasteiger partial charge is 0.153 e. The summed E-state index contributed by atoms with van der Waals surface area (Å²) in [6, 6.07) is 12.2. The number of hydrogen-bond donors (Lipinski definition) is 2. The van der Waals surface area contributed by atoms with E-state index < -0.39 is 0 Å². The lowest BCUT2D eigenvalue weighted by Crippen LogP contribution is -1.89. The van der Waals surface area contributed by atoms with E-state index >= 15 is 0 Å². The van der Waals surface area contributed by atoms with Crippen LogP contribution in [0.15, 0.2) is 46.9 Å². The third kappa shape index (κ3) is 2.56. The number of anilines is 1. The van der Waals surface area contributed by atoms with E-state index in [0.717, 1.165) is 32.4 Å². The van der Waals surface area contributed by atoms with Gasteiger partial charge in [0.25, 0.3) is 0 Å². The first kappa shape index (κ1) is 13.8. The molecule has 2 aromatic carbocycles. The molecule has 1 heterocycles. The number of rotatable bonds is 2. The Labute approximate surface area is 130 Å². The maximum atomic E-state index is 13.1. The zero-order valence-corrected chi connectivity index (χ0v) is 12.9. The topological polar surface area (TPSA) is 54.7 Å². The molecule has 0 radical (unpaired) electrons. The number of aromatic amines is 1. The second-order valence-corrected chi connectivity index (χ2v) is 5.68. The van der Waals surface area contributed by atoms with Gasteiger partial charge in [-0.3, -0.25) is 5.10 Å². The van der Waals surface area contributed by atoms with Gasteiger partial charge in [0.1, 0.15) is 5.82 Å². The number of aromatic nitrogens is 2. The Bertz CT molecular complexity index is 794. The predicted octanol–water partition coefficient (Wildman–Crippen LogP) is 4.54. The van der Waals surface area contributed by atoms with Gasteiger partial charge in [-0.15, -0.1) is 0 Å². The monoisotopic (exact) mass is 345 g/mol. The number of halogens is 2. The average Bonchev–Trinajstić information content (AvgIpc) is 2.85. The number of aryl methyl sites for hydroxylation is 1. The van der Waals surface area contributed by atoms with Gasteiger partial charge in [0.2, 0.25) is 0 Å². The molecule has 3 rings (SSSR count). The van der Waals surface area contributed by atoms with Crippen LogP contribution in [0.2, 0.25) is 0 Å². The molecule has 0 aliphatic heterocycles. The van der Waals surface area contributed by atoms with Gasteiger partial charge in [-0.25, -0.2) is 4.39 Å². The second kappa shape index (κ2) is 5.33. The SMILES string of the molecule is Cc1cc(-c2[nH]nc(N)c2-c2ccc(F)cc2)ccc1Br. The van der Waals surface area contributed by atoms with Crippen molar-refractivity contribution >= 4 is 21.7 Å². The van der Waals surface area contributed by atoms with Gasteiger partial charge in [-0.05, 0) is 42.3 Å². The molecule has 0 unspecified atom stereocenters. The Morgan fingerprint density at radius 1 is 1.10 bits per heavy atom. The molecule has 0 saturated carbocycles. The summed E-state index contributed by atoms with van der Waals surface area (Å²) in [5.74, 6) is 0.124. The number of nitrogens with one attached hydrogen (secondary N) is 1. The summed E-state index contributed by atoms with van der Waals surface area (Å²) in [5.41, 5.74) is 10.5. The molecule has 3 aromatic rings. The molecular weight excluding hydrogens is 333 g/mol. The second-order valence-electron chi connectivity index (χ2n) is 4.83. The molecule has 3 N–H and O–H groups in total. The Hall–Kier alpha value is -2.14. The summed E-state index contributed by atoms with van der Waals surface area (Å²) in [4.78, 5) is 0. The van der Waals surface area contributed by atoms with Crippen LogP contribution < -0.4 is 5.73 Å². The van der Waals surface area contributed by atoms with Crippen molar-refractivity contribution in [1.29, 1.82) is 0 Å². The number of nitrogens with two attached hydrogens (primary N) is 1. The molecule has 21 heavy (non-hydrogen) atoms. The summed E-state index contributed by atoms with van der Waals surface area (Å²) in [7, 11) is 0.